The minimum Gasteiger partial charge on any atom is -0.366 e. The number of pyridine rings is 1. The van der Waals surface area contributed by atoms with Crippen LogP contribution in [0.2, 0.25) is 0 Å². The molecule has 1 aliphatic heterocycles. The number of hydrogen-bond donors (Lipinski definition) is 1. The summed E-state index contributed by atoms with van der Waals surface area (Å²) in [7, 11) is 0. The molecule has 0 aliphatic carbocycles. The second-order valence-electron chi connectivity index (χ2n) is 5.83. The Morgan fingerprint density at radius 1 is 1.17 bits per heavy atom. The van der Waals surface area contributed by atoms with Crippen molar-refractivity contribution >= 4 is 5.82 Å². The van der Waals surface area contributed by atoms with Gasteiger partial charge in [-0.25, -0.2) is 0 Å². The van der Waals surface area contributed by atoms with Crippen LogP contribution in [0.15, 0.2) is 36.7 Å². The summed E-state index contributed by atoms with van der Waals surface area (Å²) >= 11 is 0. The van der Waals surface area contributed by atoms with Gasteiger partial charge in [-0.1, -0.05) is 0 Å². The smallest absolute Gasteiger partial charge is 0.163 e. The van der Waals surface area contributed by atoms with Gasteiger partial charge < -0.3 is 5.32 Å². The van der Waals surface area contributed by atoms with Gasteiger partial charge in [0.2, 0.25) is 0 Å². The summed E-state index contributed by atoms with van der Waals surface area (Å²) in [6, 6.07) is 10.5. The van der Waals surface area contributed by atoms with Gasteiger partial charge in [-0.05, 0) is 49.6 Å². The molecule has 0 bridgehead atoms. The van der Waals surface area contributed by atoms with Gasteiger partial charge in [0.25, 0.3) is 0 Å². The van der Waals surface area contributed by atoms with Crippen molar-refractivity contribution in [3.8, 4) is 6.07 Å². The van der Waals surface area contributed by atoms with E-state index < -0.39 is 0 Å². The summed E-state index contributed by atoms with van der Waals surface area (Å²) in [5.41, 5.74) is 1.65. The molecule has 3 rings (SSSR count). The average molecular weight is 308 g/mol. The van der Waals surface area contributed by atoms with Gasteiger partial charge in [0.05, 0.1) is 0 Å². The summed E-state index contributed by atoms with van der Waals surface area (Å²) in [5, 5.41) is 20.1. The molecule has 0 spiro atoms. The summed E-state index contributed by atoms with van der Waals surface area (Å²) < 4.78 is 0. The Bertz CT molecular complexity index is 656. The van der Waals surface area contributed by atoms with Crippen molar-refractivity contribution in [2.75, 3.05) is 18.4 Å². The molecule has 1 unspecified atom stereocenters. The van der Waals surface area contributed by atoms with E-state index in [-0.39, 0.29) is 0 Å². The molecule has 1 atom stereocenters. The zero-order valence-corrected chi connectivity index (χ0v) is 13.2. The highest BCUT2D eigenvalue weighted by Crippen LogP contribution is 2.24. The third-order valence-corrected chi connectivity index (χ3v) is 4.40. The fraction of sp³-hybridized carbons (Fsp3) is 0.412. The molecule has 0 saturated carbocycles. The van der Waals surface area contributed by atoms with Crippen LogP contribution in [0.5, 0.6) is 0 Å². The first-order valence-electron chi connectivity index (χ1n) is 7.90. The van der Waals surface area contributed by atoms with Crippen LogP contribution in [0.4, 0.5) is 5.82 Å². The Hall–Kier alpha value is -2.52. The van der Waals surface area contributed by atoms with E-state index in [1.165, 1.54) is 5.56 Å². The van der Waals surface area contributed by atoms with Crippen molar-refractivity contribution in [3.63, 3.8) is 0 Å². The standard InChI is InChI=1S/C17H20N6/c1-13(14-4-8-19-9-5-14)23-10-6-15(7-11-23)20-17-3-2-16(12-18)21-22-17/h2-5,8-9,13,15H,6-7,10-11H2,1H3,(H,20,22). The van der Waals surface area contributed by atoms with Gasteiger partial charge in [0.1, 0.15) is 11.9 Å². The second kappa shape index (κ2) is 7.16. The number of anilines is 1. The fourth-order valence-corrected chi connectivity index (χ4v) is 2.96. The molecule has 1 N–H and O–H groups in total. The molecule has 0 radical (unpaired) electrons. The zero-order chi connectivity index (χ0) is 16.1. The Morgan fingerprint density at radius 2 is 1.91 bits per heavy atom. The molecule has 1 aliphatic rings. The quantitative estimate of drug-likeness (QED) is 0.934. The minimum absolute atomic E-state index is 0.344. The van der Waals surface area contributed by atoms with Gasteiger partial charge in [-0.15, -0.1) is 10.2 Å². The van der Waals surface area contributed by atoms with E-state index in [1.54, 1.807) is 6.07 Å². The SMILES string of the molecule is CC(c1ccncc1)N1CCC(Nc2ccc(C#N)nn2)CC1. The molecule has 118 valence electrons. The predicted molar refractivity (Wildman–Crippen MR) is 87.6 cm³/mol. The molecular weight excluding hydrogens is 288 g/mol. The molecule has 23 heavy (non-hydrogen) atoms. The first kappa shape index (κ1) is 15.4. The van der Waals surface area contributed by atoms with Crippen molar-refractivity contribution in [3.05, 3.63) is 47.9 Å². The lowest BCUT2D eigenvalue weighted by Crippen LogP contribution is -2.40. The molecule has 2 aromatic rings. The molecule has 6 nitrogen and oxygen atoms in total. The molecule has 3 heterocycles. The molecule has 2 aromatic heterocycles. The number of nitrogens with zero attached hydrogens (tertiary/aromatic N) is 5. The van der Waals surface area contributed by atoms with Gasteiger partial charge in [0.15, 0.2) is 5.69 Å². The number of nitrogens with one attached hydrogen (secondary N) is 1. The van der Waals surface area contributed by atoms with E-state index in [4.69, 9.17) is 5.26 Å². The van der Waals surface area contributed by atoms with Gasteiger partial charge in [-0.2, -0.15) is 5.26 Å². The topological polar surface area (TPSA) is 77.7 Å². The lowest BCUT2D eigenvalue weighted by atomic mass is 10.0. The Labute approximate surface area is 136 Å². The first-order valence-corrected chi connectivity index (χ1v) is 7.90. The lowest BCUT2D eigenvalue weighted by molar-refractivity contribution is 0.167. The lowest BCUT2D eigenvalue weighted by Gasteiger charge is -2.36. The van der Waals surface area contributed by atoms with Crippen LogP contribution in [-0.2, 0) is 0 Å². The van der Waals surface area contributed by atoms with E-state index in [1.807, 2.05) is 24.5 Å². The third kappa shape index (κ3) is 3.82. The van der Waals surface area contributed by atoms with E-state index in [0.717, 1.165) is 31.7 Å². The number of piperidine rings is 1. The second-order valence-corrected chi connectivity index (χ2v) is 5.83. The molecule has 1 fully saturated rings. The van der Waals surface area contributed by atoms with Crippen LogP contribution in [0.1, 0.15) is 37.1 Å². The molecule has 1 saturated heterocycles. The molecule has 0 aromatic carbocycles. The summed E-state index contributed by atoms with van der Waals surface area (Å²) in [6.07, 6.45) is 5.83. The minimum atomic E-state index is 0.344. The molecular formula is C17H20N6. The Kier molecular flexibility index (Phi) is 4.79. The highest BCUT2D eigenvalue weighted by molar-refractivity contribution is 5.36. The van der Waals surface area contributed by atoms with E-state index in [9.17, 15) is 0 Å². The highest BCUT2D eigenvalue weighted by Gasteiger charge is 2.23. The average Bonchev–Trinajstić information content (AvgIpc) is 2.63. The van der Waals surface area contributed by atoms with Crippen molar-refractivity contribution in [1.82, 2.24) is 20.1 Å². The number of hydrogen-bond acceptors (Lipinski definition) is 6. The Morgan fingerprint density at radius 3 is 2.52 bits per heavy atom. The van der Waals surface area contributed by atoms with E-state index in [0.29, 0.717) is 17.8 Å². The third-order valence-electron chi connectivity index (χ3n) is 4.40. The molecule has 6 heteroatoms. The zero-order valence-electron chi connectivity index (χ0n) is 13.2. The van der Waals surface area contributed by atoms with Crippen LogP contribution in [0, 0.1) is 11.3 Å². The maximum Gasteiger partial charge on any atom is 0.163 e. The van der Waals surface area contributed by atoms with Crippen molar-refractivity contribution in [1.29, 1.82) is 5.26 Å². The highest BCUT2D eigenvalue weighted by atomic mass is 15.2. The van der Waals surface area contributed by atoms with Crippen LogP contribution < -0.4 is 5.32 Å². The summed E-state index contributed by atoms with van der Waals surface area (Å²) in [5.74, 6) is 0.740. The number of rotatable bonds is 4. The predicted octanol–water partition coefficient (Wildman–Crippen LogP) is 2.38. The number of nitriles is 1. The van der Waals surface area contributed by atoms with Gasteiger partial charge in [-0.3, -0.25) is 9.88 Å². The fourth-order valence-electron chi connectivity index (χ4n) is 2.96. The Balaban J connectivity index is 1.53. The van der Waals surface area contributed by atoms with Crippen molar-refractivity contribution in [2.45, 2.75) is 31.8 Å². The monoisotopic (exact) mass is 308 g/mol. The molecule has 0 amide bonds. The van der Waals surface area contributed by atoms with Crippen molar-refractivity contribution in [2.24, 2.45) is 0 Å². The van der Waals surface area contributed by atoms with E-state index >= 15 is 0 Å². The summed E-state index contributed by atoms with van der Waals surface area (Å²) in [6.45, 7) is 4.34. The largest absolute Gasteiger partial charge is 0.366 e. The number of aromatic nitrogens is 3. The number of likely N-dealkylation sites (tertiary alicyclic amines) is 1. The van der Waals surface area contributed by atoms with Crippen LogP contribution in [-0.4, -0.2) is 39.2 Å². The van der Waals surface area contributed by atoms with Gasteiger partial charge in [0, 0.05) is 37.6 Å². The van der Waals surface area contributed by atoms with E-state index in [2.05, 4.69) is 44.5 Å². The van der Waals surface area contributed by atoms with Crippen LogP contribution in [0.3, 0.4) is 0 Å². The van der Waals surface area contributed by atoms with Gasteiger partial charge >= 0.3 is 0 Å². The van der Waals surface area contributed by atoms with Crippen LogP contribution in [0.25, 0.3) is 0 Å². The summed E-state index contributed by atoms with van der Waals surface area (Å²) in [4.78, 5) is 6.58. The maximum atomic E-state index is 8.74. The maximum absolute atomic E-state index is 8.74. The van der Waals surface area contributed by atoms with Crippen molar-refractivity contribution < 1.29 is 0 Å². The first-order chi connectivity index (χ1) is 11.3. The normalized spacial score (nSPS) is 17.4. The van der Waals surface area contributed by atoms with Crippen LogP contribution >= 0.6 is 0 Å².